The molecule has 2 saturated heterocycles. The summed E-state index contributed by atoms with van der Waals surface area (Å²) in [6.07, 6.45) is 0.919. The standard InChI is InChI=1S/C13H16N4O2S2/c1-8-5-9-6-14-7-11(9)17(8)21(18,19)12-4-2-3-10-13(12)16-20-15-10/h2-4,8-9,11,14H,5-7H2,1H3. The number of sulfonamides is 1. The molecule has 2 fully saturated rings. The largest absolute Gasteiger partial charge is 0.315 e. The zero-order valence-electron chi connectivity index (χ0n) is 11.6. The van der Waals surface area contributed by atoms with Gasteiger partial charge in [-0.3, -0.25) is 0 Å². The topological polar surface area (TPSA) is 75.2 Å². The predicted molar refractivity (Wildman–Crippen MR) is 80.7 cm³/mol. The Bertz CT molecular complexity index is 788. The minimum Gasteiger partial charge on any atom is -0.315 e. The van der Waals surface area contributed by atoms with Gasteiger partial charge in [0.1, 0.15) is 15.9 Å². The Morgan fingerprint density at radius 3 is 3.05 bits per heavy atom. The van der Waals surface area contributed by atoms with Crippen molar-refractivity contribution in [1.82, 2.24) is 18.4 Å². The Balaban J connectivity index is 1.85. The summed E-state index contributed by atoms with van der Waals surface area (Å²) < 4.78 is 36.3. The number of nitrogens with zero attached hydrogens (tertiary/aromatic N) is 3. The first-order chi connectivity index (χ1) is 10.1. The molecule has 112 valence electrons. The van der Waals surface area contributed by atoms with Gasteiger partial charge in [0, 0.05) is 18.6 Å². The van der Waals surface area contributed by atoms with Gasteiger partial charge in [-0.25, -0.2) is 8.42 Å². The summed E-state index contributed by atoms with van der Waals surface area (Å²) in [5.41, 5.74) is 1.14. The summed E-state index contributed by atoms with van der Waals surface area (Å²) in [4.78, 5) is 0.285. The fourth-order valence-corrected chi connectivity index (χ4v) is 6.29. The first-order valence-electron chi connectivity index (χ1n) is 7.04. The first-order valence-corrected chi connectivity index (χ1v) is 9.21. The summed E-state index contributed by atoms with van der Waals surface area (Å²) in [6, 6.07) is 5.27. The molecular weight excluding hydrogens is 308 g/mol. The van der Waals surface area contributed by atoms with Crippen LogP contribution in [0.2, 0.25) is 0 Å². The maximum atomic E-state index is 13.1. The zero-order valence-corrected chi connectivity index (χ0v) is 13.2. The second kappa shape index (κ2) is 4.70. The number of hydrogen-bond donors (Lipinski definition) is 1. The fraction of sp³-hybridized carbons (Fsp3) is 0.538. The van der Waals surface area contributed by atoms with E-state index in [1.807, 2.05) is 6.92 Å². The Morgan fingerprint density at radius 1 is 1.33 bits per heavy atom. The summed E-state index contributed by atoms with van der Waals surface area (Å²) >= 11 is 1.05. The van der Waals surface area contributed by atoms with Gasteiger partial charge >= 0.3 is 0 Å². The molecular formula is C13H16N4O2S2. The molecule has 3 heterocycles. The van der Waals surface area contributed by atoms with E-state index < -0.39 is 10.0 Å². The highest BCUT2D eigenvalue weighted by Gasteiger charge is 2.48. The quantitative estimate of drug-likeness (QED) is 0.894. The van der Waals surface area contributed by atoms with Crippen LogP contribution in [0.3, 0.4) is 0 Å². The highest BCUT2D eigenvalue weighted by molar-refractivity contribution is 7.89. The Labute approximate surface area is 127 Å². The van der Waals surface area contributed by atoms with E-state index in [1.54, 1.807) is 22.5 Å². The molecule has 2 aromatic rings. The van der Waals surface area contributed by atoms with Crippen LogP contribution in [0.1, 0.15) is 13.3 Å². The van der Waals surface area contributed by atoms with Gasteiger partial charge in [-0.15, -0.1) is 0 Å². The molecule has 0 spiro atoms. The molecule has 6 nitrogen and oxygen atoms in total. The lowest BCUT2D eigenvalue weighted by atomic mass is 10.0. The highest BCUT2D eigenvalue weighted by Crippen LogP contribution is 2.37. The Morgan fingerprint density at radius 2 is 2.19 bits per heavy atom. The van der Waals surface area contributed by atoms with Crippen molar-refractivity contribution in [3.63, 3.8) is 0 Å². The second-order valence-corrected chi connectivity index (χ2v) is 8.13. The molecule has 0 bridgehead atoms. The monoisotopic (exact) mass is 324 g/mol. The van der Waals surface area contributed by atoms with Crippen molar-refractivity contribution >= 4 is 32.8 Å². The van der Waals surface area contributed by atoms with Crippen molar-refractivity contribution in [2.24, 2.45) is 5.92 Å². The van der Waals surface area contributed by atoms with E-state index >= 15 is 0 Å². The third-order valence-corrected chi connectivity index (χ3v) is 7.13. The van der Waals surface area contributed by atoms with Crippen LogP contribution in [0.5, 0.6) is 0 Å². The number of nitrogens with one attached hydrogen (secondary N) is 1. The number of hydrogen-bond acceptors (Lipinski definition) is 6. The van der Waals surface area contributed by atoms with Crippen molar-refractivity contribution in [3.05, 3.63) is 18.2 Å². The summed E-state index contributed by atoms with van der Waals surface area (Å²) in [5.74, 6) is 0.419. The van der Waals surface area contributed by atoms with Gasteiger partial charge in [-0.1, -0.05) is 6.07 Å². The van der Waals surface area contributed by atoms with Crippen molar-refractivity contribution in [3.8, 4) is 0 Å². The van der Waals surface area contributed by atoms with Gasteiger partial charge in [-0.2, -0.15) is 13.1 Å². The Hall–Kier alpha value is -1.09. The summed E-state index contributed by atoms with van der Waals surface area (Å²) in [6.45, 7) is 3.64. The van der Waals surface area contributed by atoms with Crippen molar-refractivity contribution in [2.75, 3.05) is 13.1 Å². The smallest absolute Gasteiger partial charge is 0.245 e. The average Bonchev–Trinajstić information content (AvgIpc) is 3.11. The SMILES string of the molecule is CC1CC2CNCC2N1S(=O)(=O)c1cccc2nsnc12. The molecule has 8 heteroatoms. The number of fused-ring (bicyclic) bond motifs is 2. The molecule has 2 aliphatic rings. The molecule has 21 heavy (non-hydrogen) atoms. The van der Waals surface area contributed by atoms with Gasteiger partial charge in [-0.05, 0) is 37.9 Å². The molecule has 3 atom stereocenters. The van der Waals surface area contributed by atoms with E-state index in [9.17, 15) is 8.42 Å². The van der Waals surface area contributed by atoms with Gasteiger partial charge in [0.05, 0.1) is 11.7 Å². The van der Waals surface area contributed by atoms with Crippen LogP contribution in [0.15, 0.2) is 23.1 Å². The molecule has 1 N–H and O–H groups in total. The molecule has 4 rings (SSSR count). The third kappa shape index (κ3) is 1.93. The third-order valence-electron chi connectivity index (χ3n) is 4.51. The van der Waals surface area contributed by atoms with E-state index in [1.165, 1.54) is 0 Å². The van der Waals surface area contributed by atoms with Crippen LogP contribution in [-0.4, -0.2) is 46.6 Å². The van der Waals surface area contributed by atoms with E-state index in [0.29, 0.717) is 17.0 Å². The van der Waals surface area contributed by atoms with Crippen LogP contribution in [0.25, 0.3) is 11.0 Å². The summed E-state index contributed by atoms with van der Waals surface area (Å²) in [7, 11) is -3.54. The highest BCUT2D eigenvalue weighted by atomic mass is 32.2. The minimum atomic E-state index is -3.54. The van der Waals surface area contributed by atoms with E-state index in [-0.39, 0.29) is 17.0 Å². The predicted octanol–water partition coefficient (Wildman–Crippen LogP) is 1.06. The van der Waals surface area contributed by atoms with Crippen LogP contribution < -0.4 is 5.32 Å². The molecule has 0 saturated carbocycles. The van der Waals surface area contributed by atoms with E-state index in [0.717, 1.165) is 31.2 Å². The van der Waals surface area contributed by atoms with Gasteiger partial charge in [0.15, 0.2) is 0 Å². The van der Waals surface area contributed by atoms with Crippen LogP contribution >= 0.6 is 11.7 Å². The minimum absolute atomic E-state index is 0.0361. The Kier molecular flexibility index (Phi) is 3.04. The van der Waals surface area contributed by atoms with Crippen LogP contribution in [0, 0.1) is 5.92 Å². The fourth-order valence-electron chi connectivity index (χ4n) is 3.64. The van der Waals surface area contributed by atoms with Gasteiger partial charge in [0.25, 0.3) is 0 Å². The molecule has 2 aliphatic heterocycles. The van der Waals surface area contributed by atoms with E-state index in [2.05, 4.69) is 14.1 Å². The maximum absolute atomic E-state index is 13.1. The van der Waals surface area contributed by atoms with Crippen LogP contribution in [-0.2, 0) is 10.0 Å². The van der Waals surface area contributed by atoms with E-state index in [4.69, 9.17) is 0 Å². The zero-order chi connectivity index (χ0) is 14.6. The van der Waals surface area contributed by atoms with Crippen molar-refractivity contribution in [2.45, 2.75) is 30.3 Å². The normalized spacial score (nSPS) is 30.0. The average molecular weight is 324 g/mol. The van der Waals surface area contributed by atoms with Crippen molar-refractivity contribution in [1.29, 1.82) is 0 Å². The number of rotatable bonds is 2. The van der Waals surface area contributed by atoms with Gasteiger partial charge < -0.3 is 5.32 Å². The lowest BCUT2D eigenvalue weighted by molar-refractivity contribution is 0.336. The summed E-state index contributed by atoms with van der Waals surface area (Å²) in [5, 5.41) is 3.30. The van der Waals surface area contributed by atoms with Crippen LogP contribution in [0.4, 0.5) is 0 Å². The lowest BCUT2D eigenvalue weighted by Gasteiger charge is -2.26. The van der Waals surface area contributed by atoms with Gasteiger partial charge in [0.2, 0.25) is 10.0 Å². The molecule has 1 aromatic heterocycles. The molecule has 0 radical (unpaired) electrons. The molecule has 0 amide bonds. The lowest BCUT2D eigenvalue weighted by Crippen LogP contribution is -2.42. The second-order valence-electron chi connectivity index (χ2n) is 5.79. The number of benzene rings is 1. The maximum Gasteiger partial charge on any atom is 0.245 e. The molecule has 3 unspecified atom stereocenters. The molecule has 0 aliphatic carbocycles. The number of aromatic nitrogens is 2. The molecule has 1 aromatic carbocycles. The van der Waals surface area contributed by atoms with Crippen molar-refractivity contribution < 1.29 is 8.42 Å². The first kappa shape index (κ1) is 13.6.